The van der Waals surface area contributed by atoms with E-state index in [1.54, 1.807) is 25.1 Å². The average Bonchev–Trinajstić information content (AvgIpc) is 2.72. The number of hydrogen-bond donors (Lipinski definition) is 0. The van der Waals surface area contributed by atoms with Crippen LogP contribution in [0.1, 0.15) is 11.4 Å². The van der Waals surface area contributed by atoms with Gasteiger partial charge in [-0.3, -0.25) is 14.9 Å². The first-order valence-electron chi connectivity index (χ1n) is 8.51. The Morgan fingerprint density at radius 2 is 2.10 bits per heavy atom. The molecular weight excluding hydrogens is 460 g/mol. The summed E-state index contributed by atoms with van der Waals surface area (Å²) in [6.45, 7) is 1.17. The van der Waals surface area contributed by atoms with Crippen molar-refractivity contribution >= 4 is 44.7 Å². The topological polar surface area (TPSA) is 126 Å². The number of carbonyl (C=O) groups is 1. The Morgan fingerprint density at radius 3 is 2.80 bits per heavy atom. The molecule has 1 aromatic heterocycles. The molecule has 0 N–H and O–H groups in total. The van der Waals surface area contributed by atoms with Gasteiger partial charge >= 0.3 is 11.7 Å². The highest BCUT2D eigenvalue weighted by molar-refractivity contribution is 9.10. The van der Waals surface area contributed by atoms with E-state index in [1.165, 1.54) is 31.5 Å². The summed E-state index contributed by atoms with van der Waals surface area (Å²) in [6, 6.07) is 9.22. The van der Waals surface area contributed by atoms with E-state index in [-0.39, 0.29) is 17.0 Å². The van der Waals surface area contributed by atoms with Crippen molar-refractivity contribution in [3.63, 3.8) is 0 Å². The Balaban J connectivity index is 1.96. The number of nitro benzene ring substituents is 1. The number of halogens is 1. The van der Waals surface area contributed by atoms with Gasteiger partial charge in [-0.25, -0.2) is 9.78 Å². The summed E-state index contributed by atoms with van der Waals surface area (Å²) in [4.78, 5) is 39.0. The molecule has 10 nitrogen and oxygen atoms in total. The Bertz CT molecular complexity index is 1240. The summed E-state index contributed by atoms with van der Waals surface area (Å²) in [5, 5.41) is 15.9. The summed E-state index contributed by atoms with van der Waals surface area (Å²) < 4.78 is 11.4. The number of carbonyl (C=O) groups excluding carboxylic acids is 1. The monoisotopic (exact) mass is 474 g/mol. The minimum absolute atomic E-state index is 0.0897. The second-order valence-corrected chi connectivity index (χ2v) is 6.95. The van der Waals surface area contributed by atoms with Gasteiger partial charge < -0.3 is 9.47 Å². The molecule has 0 aliphatic rings. The highest BCUT2D eigenvalue weighted by Crippen LogP contribution is 2.27. The SMILES string of the molecule is COC(=O)COc1ccc(C=Nn2c(C)nc3ccc(Br)cc3c2=O)cc1[N+](=O)[O-]. The molecule has 0 unspecified atom stereocenters. The van der Waals surface area contributed by atoms with Gasteiger partial charge in [-0.2, -0.15) is 9.78 Å². The molecule has 30 heavy (non-hydrogen) atoms. The normalized spacial score (nSPS) is 11.0. The molecular formula is C19H15BrN4O6. The third kappa shape index (κ3) is 4.51. The number of nitrogens with zero attached hydrogens (tertiary/aromatic N) is 4. The van der Waals surface area contributed by atoms with Crippen LogP contribution in [-0.2, 0) is 9.53 Å². The van der Waals surface area contributed by atoms with Crippen LogP contribution in [0.2, 0.25) is 0 Å². The van der Waals surface area contributed by atoms with Crippen LogP contribution in [0.3, 0.4) is 0 Å². The van der Waals surface area contributed by atoms with E-state index in [2.05, 4.69) is 30.8 Å². The largest absolute Gasteiger partial charge is 0.475 e. The van der Waals surface area contributed by atoms with Crippen molar-refractivity contribution in [1.82, 2.24) is 9.66 Å². The van der Waals surface area contributed by atoms with Gasteiger partial charge in [-0.1, -0.05) is 15.9 Å². The van der Waals surface area contributed by atoms with Gasteiger partial charge in [0.2, 0.25) is 0 Å². The number of rotatable bonds is 6. The molecule has 0 aliphatic carbocycles. The molecule has 0 aliphatic heterocycles. The smallest absolute Gasteiger partial charge is 0.343 e. The van der Waals surface area contributed by atoms with Crippen molar-refractivity contribution in [2.45, 2.75) is 6.92 Å². The van der Waals surface area contributed by atoms with E-state index >= 15 is 0 Å². The third-order valence-electron chi connectivity index (χ3n) is 4.05. The standard InChI is InChI=1S/C19H15BrN4O6/c1-11-22-15-5-4-13(20)8-14(15)19(26)23(11)21-9-12-3-6-17(16(7-12)24(27)28)30-10-18(25)29-2/h3-9H,10H2,1-2H3. The second kappa shape index (κ2) is 8.82. The van der Waals surface area contributed by atoms with Gasteiger partial charge in [0, 0.05) is 16.1 Å². The molecule has 3 aromatic rings. The summed E-state index contributed by atoms with van der Waals surface area (Å²) in [7, 11) is 1.18. The minimum atomic E-state index is -0.666. The summed E-state index contributed by atoms with van der Waals surface area (Å²) in [5.74, 6) is -0.396. The second-order valence-electron chi connectivity index (χ2n) is 6.03. The number of ether oxygens (including phenoxy) is 2. The molecule has 0 saturated carbocycles. The molecule has 1 heterocycles. The number of aryl methyl sites for hydroxylation is 1. The highest BCUT2D eigenvalue weighted by Gasteiger charge is 2.17. The molecule has 0 fully saturated rings. The molecule has 0 radical (unpaired) electrons. The lowest BCUT2D eigenvalue weighted by Crippen LogP contribution is -2.20. The number of methoxy groups -OCH3 is 1. The number of esters is 1. The summed E-state index contributed by atoms with van der Waals surface area (Å²) in [6.07, 6.45) is 1.30. The summed E-state index contributed by atoms with van der Waals surface area (Å²) >= 11 is 3.32. The lowest BCUT2D eigenvalue weighted by molar-refractivity contribution is -0.385. The van der Waals surface area contributed by atoms with Crippen molar-refractivity contribution in [3.05, 3.63) is 72.7 Å². The number of benzene rings is 2. The Morgan fingerprint density at radius 1 is 1.33 bits per heavy atom. The van der Waals surface area contributed by atoms with Gasteiger partial charge in [0.1, 0.15) is 5.82 Å². The van der Waals surface area contributed by atoms with E-state index in [4.69, 9.17) is 4.74 Å². The average molecular weight is 475 g/mol. The fourth-order valence-electron chi connectivity index (χ4n) is 2.60. The molecule has 0 saturated heterocycles. The molecule has 0 amide bonds. The Labute approximate surface area is 178 Å². The maximum atomic E-state index is 12.7. The van der Waals surface area contributed by atoms with Gasteiger partial charge in [-0.05, 0) is 37.3 Å². The first-order valence-corrected chi connectivity index (χ1v) is 9.31. The van der Waals surface area contributed by atoms with E-state index < -0.39 is 17.5 Å². The number of fused-ring (bicyclic) bond motifs is 1. The van der Waals surface area contributed by atoms with Crippen LogP contribution in [0, 0.1) is 17.0 Å². The van der Waals surface area contributed by atoms with Crippen LogP contribution in [-0.4, -0.2) is 40.5 Å². The van der Waals surface area contributed by atoms with Crippen LogP contribution >= 0.6 is 15.9 Å². The number of hydrogen-bond acceptors (Lipinski definition) is 8. The first-order chi connectivity index (χ1) is 14.3. The van der Waals surface area contributed by atoms with Gasteiger partial charge in [0.15, 0.2) is 12.4 Å². The number of nitro groups is 1. The van der Waals surface area contributed by atoms with Crippen LogP contribution in [0.4, 0.5) is 5.69 Å². The van der Waals surface area contributed by atoms with E-state index in [1.807, 2.05) is 0 Å². The van der Waals surface area contributed by atoms with Gasteiger partial charge in [0.25, 0.3) is 5.56 Å². The minimum Gasteiger partial charge on any atom is -0.475 e. The van der Waals surface area contributed by atoms with Crippen LogP contribution in [0.5, 0.6) is 5.75 Å². The highest BCUT2D eigenvalue weighted by atomic mass is 79.9. The summed E-state index contributed by atoms with van der Waals surface area (Å²) in [5.41, 5.74) is 0.165. The Kier molecular flexibility index (Phi) is 6.21. The molecule has 2 aromatic carbocycles. The van der Waals surface area contributed by atoms with Crippen LogP contribution in [0.15, 0.2) is 50.8 Å². The number of aromatic nitrogens is 2. The molecule has 0 bridgehead atoms. The predicted octanol–water partition coefficient (Wildman–Crippen LogP) is 2.81. The zero-order valence-electron chi connectivity index (χ0n) is 15.9. The van der Waals surface area contributed by atoms with Crippen LogP contribution in [0.25, 0.3) is 10.9 Å². The van der Waals surface area contributed by atoms with Crippen molar-refractivity contribution in [1.29, 1.82) is 0 Å². The molecule has 0 spiro atoms. The molecule has 11 heteroatoms. The zero-order chi connectivity index (χ0) is 21.8. The fourth-order valence-corrected chi connectivity index (χ4v) is 2.96. The van der Waals surface area contributed by atoms with Crippen molar-refractivity contribution in [2.24, 2.45) is 5.10 Å². The van der Waals surface area contributed by atoms with E-state index in [0.29, 0.717) is 22.3 Å². The van der Waals surface area contributed by atoms with Gasteiger partial charge in [0.05, 0.1) is 29.2 Å². The Hall–Kier alpha value is -3.60. The third-order valence-corrected chi connectivity index (χ3v) is 4.54. The molecule has 154 valence electrons. The van der Waals surface area contributed by atoms with Crippen molar-refractivity contribution in [2.75, 3.05) is 13.7 Å². The maximum Gasteiger partial charge on any atom is 0.343 e. The maximum absolute atomic E-state index is 12.7. The van der Waals surface area contributed by atoms with Gasteiger partial charge in [-0.15, -0.1) is 0 Å². The zero-order valence-corrected chi connectivity index (χ0v) is 17.5. The van der Waals surface area contributed by atoms with E-state index in [9.17, 15) is 19.7 Å². The lowest BCUT2D eigenvalue weighted by atomic mass is 10.2. The van der Waals surface area contributed by atoms with Crippen molar-refractivity contribution < 1.29 is 19.2 Å². The fraction of sp³-hybridized carbons (Fsp3) is 0.158. The quantitative estimate of drug-likeness (QED) is 0.232. The molecule has 3 rings (SSSR count). The first kappa shape index (κ1) is 21.1. The van der Waals surface area contributed by atoms with Crippen molar-refractivity contribution in [3.8, 4) is 5.75 Å². The van der Waals surface area contributed by atoms with Crippen LogP contribution < -0.4 is 10.3 Å². The molecule has 0 atom stereocenters. The predicted molar refractivity (Wildman–Crippen MR) is 112 cm³/mol. The van der Waals surface area contributed by atoms with E-state index in [0.717, 1.165) is 9.15 Å². The lowest BCUT2D eigenvalue weighted by Gasteiger charge is -2.07.